The van der Waals surface area contributed by atoms with E-state index in [0.29, 0.717) is 18.4 Å². The summed E-state index contributed by atoms with van der Waals surface area (Å²) in [5, 5.41) is 4.46. The number of para-hydroxylation sites is 1. The number of rotatable bonds is 5. The molecule has 1 aromatic carbocycles. The lowest BCUT2D eigenvalue weighted by Crippen LogP contribution is -2.51. The van der Waals surface area contributed by atoms with Crippen molar-refractivity contribution in [3.8, 4) is 0 Å². The van der Waals surface area contributed by atoms with Crippen LogP contribution in [0.1, 0.15) is 38.5 Å². The van der Waals surface area contributed by atoms with Crippen molar-refractivity contribution in [2.24, 2.45) is 5.92 Å². The van der Waals surface area contributed by atoms with Crippen LogP contribution >= 0.6 is 0 Å². The minimum absolute atomic E-state index is 0.186. The Morgan fingerprint density at radius 3 is 2.92 bits per heavy atom. The van der Waals surface area contributed by atoms with E-state index in [1.807, 2.05) is 0 Å². The minimum atomic E-state index is 0.186. The molecule has 0 spiro atoms. The van der Waals surface area contributed by atoms with Gasteiger partial charge in [0.2, 0.25) is 5.91 Å². The lowest BCUT2D eigenvalue weighted by Gasteiger charge is -2.44. The average Bonchev–Trinajstić information content (AvgIpc) is 3.08. The second-order valence-electron chi connectivity index (χ2n) is 7.62. The van der Waals surface area contributed by atoms with E-state index >= 15 is 0 Å². The summed E-state index contributed by atoms with van der Waals surface area (Å²) >= 11 is 0. The summed E-state index contributed by atoms with van der Waals surface area (Å²) in [7, 11) is 0. The Kier molecular flexibility index (Phi) is 5.07. The van der Waals surface area contributed by atoms with Gasteiger partial charge in [0.1, 0.15) is 0 Å². The molecule has 2 aromatic rings. The third kappa shape index (κ3) is 3.74. The molecule has 4 heteroatoms. The molecule has 2 aliphatic heterocycles. The topological polar surface area (TPSA) is 37.3 Å². The maximum atomic E-state index is 12.3. The zero-order valence-corrected chi connectivity index (χ0v) is 15.0. The first kappa shape index (κ1) is 16.6. The Hall–Kier alpha value is -1.81. The highest BCUT2D eigenvalue weighted by molar-refractivity contribution is 5.80. The Labute approximate surface area is 150 Å². The minimum Gasteiger partial charge on any atom is -0.356 e. The standard InChI is InChI=1S/C21H29N3O/c25-21(11-15-24-14-10-17-6-1-2-8-19(17)24)22-16-18-7-5-13-23-12-4-3-9-20(18)23/h1-2,6,8,10,14,18,20H,3-5,7,9,11-13,15-16H2,(H,22,25)/t18-,20+/m0/s1. The molecule has 0 radical (unpaired) electrons. The molecule has 1 N–H and O–H groups in total. The first-order chi connectivity index (χ1) is 12.3. The maximum Gasteiger partial charge on any atom is 0.221 e. The number of piperidine rings is 2. The van der Waals surface area contributed by atoms with Crippen molar-refractivity contribution >= 4 is 16.8 Å². The van der Waals surface area contributed by atoms with Crippen LogP contribution in [0.3, 0.4) is 0 Å². The summed E-state index contributed by atoms with van der Waals surface area (Å²) in [6, 6.07) is 11.2. The summed E-state index contributed by atoms with van der Waals surface area (Å²) in [4.78, 5) is 15.0. The number of nitrogens with one attached hydrogen (secondary N) is 1. The smallest absolute Gasteiger partial charge is 0.221 e. The second kappa shape index (κ2) is 7.61. The summed E-state index contributed by atoms with van der Waals surface area (Å²) in [6.07, 6.45) is 9.21. The van der Waals surface area contributed by atoms with Gasteiger partial charge in [0.25, 0.3) is 0 Å². The van der Waals surface area contributed by atoms with Gasteiger partial charge < -0.3 is 14.8 Å². The number of carbonyl (C=O) groups excluding carboxylic acids is 1. The molecule has 0 unspecified atom stereocenters. The number of hydrogen-bond acceptors (Lipinski definition) is 2. The van der Waals surface area contributed by atoms with Gasteiger partial charge in [-0.2, -0.15) is 0 Å². The summed E-state index contributed by atoms with van der Waals surface area (Å²) in [6.45, 7) is 4.12. The first-order valence-electron chi connectivity index (χ1n) is 9.86. The van der Waals surface area contributed by atoms with Gasteiger partial charge in [0.05, 0.1) is 0 Å². The lowest BCUT2D eigenvalue weighted by molar-refractivity contribution is -0.121. The number of hydrogen-bond donors (Lipinski definition) is 1. The fourth-order valence-corrected chi connectivity index (χ4v) is 4.71. The third-order valence-electron chi connectivity index (χ3n) is 6.05. The average molecular weight is 339 g/mol. The highest BCUT2D eigenvalue weighted by atomic mass is 16.1. The van der Waals surface area contributed by atoms with Crippen LogP contribution in [0, 0.1) is 5.92 Å². The van der Waals surface area contributed by atoms with Crippen LogP contribution in [0.25, 0.3) is 10.9 Å². The van der Waals surface area contributed by atoms with Crippen molar-refractivity contribution in [2.45, 2.75) is 51.1 Å². The van der Waals surface area contributed by atoms with E-state index in [9.17, 15) is 4.79 Å². The van der Waals surface area contributed by atoms with Crippen molar-refractivity contribution in [2.75, 3.05) is 19.6 Å². The molecule has 1 amide bonds. The molecule has 134 valence electrons. The monoisotopic (exact) mass is 339 g/mol. The third-order valence-corrected chi connectivity index (χ3v) is 6.05. The van der Waals surface area contributed by atoms with E-state index in [2.05, 4.69) is 51.3 Å². The van der Waals surface area contributed by atoms with Gasteiger partial charge in [-0.3, -0.25) is 4.79 Å². The molecule has 2 fully saturated rings. The SMILES string of the molecule is O=C(CCn1ccc2ccccc21)NC[C@@H]1CCCN2CCCC[C@H]12. The lowest BCUT2D eigenvalue weighted by atomic mass is 9.83. The van der Waals surface area contributed by atoms with Crippen LogP contribution in [0.15, 0.2) is 36.5 Å². The molecule has 2 aliphatic rings. The van der Waals surface area contributed by atoms with Gasteiger partial charge in [-0.25, -0.2) is 0 Å². The summed E-state index contributed by atoms with van der Waals surface area (Å²) in [5.41, 5.74) is 1.21. The number of aryl methyl sites for hydroxylation is 1. The number of amides is 1. The van der Waals surface area contributed by atoms with E-state index in [1.165, 1.54) is 56.1 Å². The maximum absolute atomic E-state index is 12.3. The molecule has 0 bridgehead atoms. The molecule has 4 rings (SSSR count). The highest BCUT2D eigenvalue weighted by Crippen LogP contribution is 2.30. The Morgan fingerprint density at radius 1 is 1.08 bits per heavy atom. The van der Waals surface area contributed by atoms with Crippen molar-refractivity contribution in [1.29, 1.82) is 0 Å². The normalized spacial score (nSPS) is 24.2. The number of nitrogens with zero attached hydrogens (tertiary/aromatic N) is 2. The molecule has 1 aromatic heterocycles. The number of fused-ring (bicyclic) bond motifs is 2. The van der Waals surface area contributed by atoms with Crippen molar-refractivity contribution in [3.05, 3.63) is 36.5 Å². The number of benzene rings is 1. The van der Waals surface area contributed by atoms with Gasteiger partial charge in [0, 0.05) is 37.3 Å². The van der Waals surface area contributed by atoms with Crippen molar-refractivity contribution < 1.29 is 4.79 Å². The zero-order chi connectivity index (χ0) is 17.1. The van der Waals surface area contributed by atoms with Gasteiger partial charge in [-0.15, -0.1) is 0 Å². The number of aromatic nitrogens is 1. The van der Waals surface area contributed by atoms with E-state index in [1.54, 1.807) is 0 Å². The van der Waals surface area contributed by atoms with E-state index < -0.39 is 0 Å². The second-order valence-corrected chi connectivity index (χ2v) is 7.62. The van der Waals surface area contributed by atoms with Crippen LogP contribution in [-0.4, -0.2) is 41.1 Å². The predicted molar refractivity (Wildman–Crippen MR) is 102 cm³/mol. The zero-order valence-electron chi connectivity index (χ0n) is 15.0. The highest BCUT2D eigenvalue weighted by Gasteiger charge is 2.32. The Morgan fingerprint density at radius 2 is 1.96 bits per heavy atom. The molecular weight excluding hydrogens is 310 g/mol. The molecule has 2 saturated heterocycles. The van der Waals surface area contributed by atoms with E-state index in [4.69, 9.17) is 0 Å². The number of carbonyl (C=O) groups is 1. The van der Waals surface area contributed by atoms with Gasteiger partial charge in [0.15, 0.2) is 0 Å². The Balaban J connectivity index is 1.27. The molecule has 0 saturated carbocycles. The van der Waals surface area contributed by atoms with Crippen molar-refractivity contribution in [1.82, 2.24) is 14.8 Å². The van der Waals surface area contributed by atoms with E-state index in [0.717, 1.165) is 13.1 Å². The summed E-state index contributed by atoms with van der Waals surface area (Å²) < 4.78 is 2.18. The Bertz CT molecular complexity index is 721. The molecule has 0 aliphatic carbocycles. The van der Waals surface area contributed by atoms with E-state index in [-0.39, 0.29) is 5.91 Å². The fourth-order valence-electron chi connectivity index (χ4n) is 4.71. The van der Waals surface area contributed by atoms with Crippen LogP contribution in [0.4, 0.5) is 0 Å². The molecular formula is C21H29N3O. The molecule has 3 heterocycles. The summed E-state index contributed by atoms with van der Waals surface area (Å²) in [5.74, 6) is 0.830. The predicted octanol–water partition coefficient (Wildman–Crippen LogP) is 3.41. The molecule has 25 heavy (non-hydrogen) atoms. The van der Waals surface area contributed by atoms with Crippen LogP contribution < -0.4 is 5.32 Å². The molecule has 2 atom stereocenters. The fraction of sp³-hybridized carbons (Fsp3) is 0.571. The van der Waals surface area contributed by atoms with Crippen LogP contribution in [-0.2, 0) is 11.3 Å². The van der Waals surface area contributed by atoms with Crippen LogP contribution in [0.2, 0.25) is 0 Å². The molecule has 4 nitrogen and oxygen atoms in total. The van der Waals surface area contributed by atoms with Crippen molar-refractivity contribution in [3.63, 3.8) is 0 Å². The van der Waals surface area contributed by atoms with Gasteiger partial charge in [-0.05, 0) is 62.2 Å². The van der Waals surface area contributed by atoms with Gasteiger partial charge >= 0.3 is 0 Å². The quantitative estimate of drug-likeness (QED) is 0.906. The van der Waals surface area contributed by atoms with Gasteiger partial charge in [-0.1, -0.05) is 24.6 Å². The van der Waals surface area contributed by atoms with Crippen LogP contribution in [0.5, 0.6) is 0 Å². The first-order valence-corrected chi connectivity index (χ1v) is 9.86. The largest absolute Gasteiger partial charge is 0.356 e.